The van der Waals surface area contributed by atoms with Crippen LogP contribution >= 0.6 is 11.8 Å². The summed E-state index contributed by atoms with van der Waals surface area (Å²) in [4.78, 5) is 12.1. The number of amides is 1. The Morgan fingerprint density at radius 1 is 1.32 bits per heavy atom. The molecule has 3 rings (SSSR count). The van der Waals surface area contributed by atoms with Gasteiger partial charge in [0.2, 0.25) is 0 Å². The zero-order chi connectivity index (χ0) is 15.2. The molecule has 2 atom stereocenters. The Morgan fingerprint density at radius 2 is 2.27 bits per heavy atom. The van der Waals surface area contributed by atoms with Crippen molar-refractivity contribution in [3.8, 4) is 0 Å². The zero-order valence-electron chi connectivity index (χ0n) is 12.8. The fourth-order valence-corrected chi connectivity index (χ4v) is 4.04. The summed E-state index contributed by atoms with van der Waals surface area (Å²) in [6.45, 7) is 1.55. The van der Waals surface area contributed by atoms with E-state index < -0.39 is 0 Å². The van der Waals surface area contributed by atoms with E-state index in [0.717, 1.165) is 25.1 Å². The molecule has 1 aromatic carbocycles. The number of carbonyl (C=O) groups is 1. The third-order valence-electron chi connectivity index (χ3n) is 4.17. The van der Waals surface area contributed by atoms with E-state index in [1.165, 1.54) is 29.9 Å². The van der Waals surface area contributed by atoms with E-state index >= 15 is 0 Å². The summed E-state index contributed by atoms with van der Waals surface area (Å²) < 4.78 is 5.42. The van der Waals surface area contributed by atoms with Gasteiger partial charge in [-0.05, 0) is 49.1 Å². The number of carbonyl (C=O) groups excluding carboxylic acids is 1. The maximum absolute atomic E-state index is 12.1. The van der Waals surface area contributed by atoms with Gasteiger partial charge in [0, 0.05) is 30.6 Å². The smallest absolute Gasteiger partial charge is 0.253 e. The molecule has 0 aromatic heterocycles. The molecule has 22 heavy (non-hydrogen) atoms. The highest BCUT2D eigenvalue weighted by molar-refractivity contribution is 7.99. The van der Waals surface area contributed by atoms with Crippen molar-refractivity contribution in [2.24, 2.45) is 0 Å². The zero-order valence-corrected chi connectivity index (χ0v) is 13.7. The minimum absolute atomic E-state index is 0.0220. The molecule has 0 spiro atoms. The molecular formula is C17H24N2O2S. The van der Waals surface area contributed by atoms with Crippen molar-refractivity contribution in [2.75, 3.05) is 23.4 Å². The van der Waals surface area contributed by atoms with Gasteiger partial charge in [-0.2, -0.15) is 11.8 Å². The van der Waals surface area contributed by atoms with E-state index in [4.69, 9.17) is 4.74 Å². The van der Waals surface area contributed by atoms with E-state index in [9.17, 15) is 4.79 Å². The van der Waals surface area contributed by atoms with E-state index in [1.807, 2.05) is 23.9 Å². The highest BCUT2D eigenvalue weighted by atomic mass is 32.2. The van der Waals surface area contributed by atoms with Crippen LogP contribution in [0.3, 0.4) is 0 Å². The van der Waals surface area contributed by atoms with Gasteiger partial charge < -0.3 is 15.4 Å². The number of ether oxygens (including phenoxy) is 1. The van der Waals surface area contributed by atoms with Crippen molar-refractivity contribution in [3.63, 3.8) is 0 Å². The molecule has 0 radical (unpaired) electrons. The molecule has 0 bridgehead atoms. The molecule has 1 aromatic rings. The average Bonchev–Trinajstić information content (AvgIpc) is 3.09. The summed E-state index contributed by atoms with van der Waals surface area (Å²) in [5, 5.41) is 6.58. The largest absolute Gasteiger partial charge is 0.368 e. The second kappa shape index (κ2) is 7.99. The van der Waals surface area contributed by atoms with Crippen molar-refractivity contribution in [1.29, 1.82) is 0 Å². The van der Waals surface area contributed by atoms with E-state index in [1.54, 1.807) is 0 Å². The molecule has 4 nitrogen and oxygen atoms in total. The minimum Gasteiger partial charge on any atom is -0.368 e. The highest BCUT2D eigenvalue weighted by Crippen LogP contribution is 2.19. The van der Waals surface area contributed by atoms with Crippen LogP contribution in [0.2, 0.25) is 0 Å². The van der Waals surface area contributed by atoms with Crippen molar-refractivity contribution in [3.05, 3.63) is 29.8 Å². The van der Waals surface area contributed by atoms with Gasteiger partial charge in [0.05, 0.1) is 0 Å². The monoisotopic (exact) mass is 320 g/mol. The molecule has 2 aliphatic heterocycles. The molecule has 0 aliphatic carbocycles. The van der Waals surface area contributed by atoms with Crippen LogP contribution in [-0.4, -0.2) is 36.2 Å². The number of thioether (sulfide) groups is 1. The lowest BCUT2D eigenvalue weighted by atomic mass is 10.1. The van der Waals surface area contributed by atoms with Crippen LogP contribution < -0.4 is 10.6 Å². The second-order valence-corrected chi connectivity index (χ2v) is 7.14. The molecule has 2 heterocycles. The number of hydrogen-bond acceptors (Lipinski definition) is 4. The Balaban J connectivity index is 1.51. The van der Waals surface area contributed by atoms with Gasteiger partial charge in [-0.1, -0.05) is 12.1 Å². The first-order chi connectivity index (χ1) is 10.8. The molecule has 0 unspecified atom stereocenters. The van der Waals surface area contributed by atoms with Gasteiger partial charge in [-0.25, -0.2) is 0 Å². The Labute approximate surface area is 136 Å². The number of nitrogens with one attached hydrogen (secondary N) is 2. The Morgan fingerprint density at radius 3 is 3.05 bits per heavy atom. The molecule has 2 fully saturated rings. The molecule has 1 amide bonds. The van der Waals surface area contributed by atoms with E-state index in [2.05, 4.69) is 22.8 Å². The van der Waals surface area contributed by atoms with Crippen LogP contribution in [0, 0.1) is 0 Å². The summed E-state index contributed by atoms with van der Waals surface area (Å²) in [5.74, 6) is 2.48. The third-order valence-corrected chi connectivity index (χ3v) is 5.39. The SMILES string of the molecule is O=C(Nc1cccc(CN[C@H]2CCCSC2)c1)[C@H]1CCCO1. The van der Waals surface area contributed by atoms with Gasteiger partial charge in [0.1, 0.15) is 6.10 Å². The first-order valence-electron chi connectivity index (χ1n) is 8.14. The maximum atomic E-state index is 12.1. The standard InChI is InChI=1S/C17H24N2O2S/c20-17(16-7-2-8-21-16)19-14-5-1-4-13(10-14)11-18-15-6-3-9-22-12-15/h1,4-5,10,15-16,18H,2-3,6-9,11-12H2,(H,19,20)/t15-,16+/m0/s1. The van der Waals surface area contributed by atoms with Crippen LogP contribution in [0.15, 0.2) is 24.3 Å². The predicted molar refractivity (Wildman–Crippen MR) is 91.2 cm³/mol. The Hall–Kier alpha value is -1.04. The van der Waals surface area contributed by atoms with Crippen LogP contribution in [-0.2, 0) is 16.1 Å². The van der Waals surface area contributed by atoms with Gasteiger partial charge in [0.15, 0.2) is 0 Å². The number of anilines is 1. The van der Waals surface area contributed by atoms with E-state index in [0.29, 0.717) is 12.6 Å². The van der Waals surface area contributed by atoms with Crippen molar-refractivity contribution >= 4 is 23.4 Å². The topological polar surface area (TPSA) is 50.4 Å². The third kappa shape index (κ3) is 4.48. The van der Waals surface area contributed by atoms with Gasteiger partial charge in [-0.3, -0.25) is 4.79 Å². The number of benzene rings is 1. The summed E-state index contributed by atoms with van der Waals surface area (Å²) in [6, 6.07) is 8.70. The van der Waals surface area contributed by atoms with Crippen LogP contribution in [0.5, 0.6) is 0 Å². The van der Waals surface area contributed by atoms with Gasteiger partial charge in [0.25, 0.3) is 5.91 Å². The first kappa shape index (κ1) is 15.8. The summed E-state index contributed by atoms with van der Waals surface area (Å²) in [5.41, 5.74) is 2.07. The van der Waals surface area contributed by atoms with Crippen molar-refractivity contribution in [1.82, 2.24) is 5.32 Å². The summed E-state index contributed by atoms with van der Waals surface area (Å²) in [7, 11) is 0. The normalized spacial score (nSPS) is 25.1. The minimum atomic E-state index is -0.277. The highest BCUT2D eigenvalue weighted by Gasteiger charge is 2.23. The van der Waals surface area contributed by atoms with Crippen LogP contribution in [0.25, 0.3) is 0 Å². The molecule has 2 saturated heterocycles. The molecular weight excluding hydrogens is 296 g/mol. The Kier molecular flexibility index (Phi) is 5.76. The molecule has 2 aliphatic rings. The lowest BCUT2D eigenvalue weighted by Crippen LogP contribution is -2.33. The molecule has 5 heteroatoms. The average molecular weight is 320 g/mol. The van der Waals surface area contributed by atoms with Crippen molar-refractivity contribution in [2.45, 2.75) is 44.4 Å². The first-order valence-corrected chi connectivity index (χ1v) is 9.29. The van der Waals surface area contributed by atoms with Gasteiger partial charge in [-0.15, -0.1) is 0 Å². The molecule has 120 valence electrons. The van der Waals surface area contributed by atoms with Crippen LogP contribution in [0.1, 0.15) is 31.2 Å². The van der Waals surface area contributed by atoms with Gasteiger partial charge >= 0.3 is 0 Å². The lowest BCUT2D eigenvalue weighted by Gasteiger charge is -2.22. The fourth-order valence-electron chi connectivity index (χ4n) is 2.93. The maximum Gasteiger partial charge on any atom is 0.253 e. The van der Waals surface area contributed by atoms with Crippen LogP contribution in [0.4, 0.5) is 5.69 Å². The summed E-state index contributed by atoms with van der Waals surface area (Å²) >= 11 is 2.03. The van der Waals surface area contributed by atoms with E-state index in [-0.39, 0.29) is 12.0 Å². The fraction of sp³-hybridized carbons (Fsp3) is 0.588. The second-order valence-electron chi connectivity index (χ2n) is 5.99. The number of hydrogen-bond donors (Lipinski definition) is 2. The molecule has 0 saturated carbocycles. The number of rotatable bonds is 5. The Bertz CT molecular complexity index is 497. The predicted octanol–water partition coefficient (Wildman–Crippen LogP) is 2.79. The summed E-state index contributed by atoms with van der Waals surface area (Å²) in [6.07, 6.45) is 4.09. The van der Waals surface area contributed by atoms with Crippen molar-refractivity contribution < 1.29 is 9.53 Å². The quantitative estimate of drug-likeness (QED) is 0.876. The lowest BCUT2D eigenvalue weighted by molar-refractivity contribution is -0.124. The molecule has 2 N–H and O–H groups in total.